The number of hydrogen-bond donors (Lipinski definition) is 1. The summed E-state index contributed by atoms with van der Waals surface area (Å²) >= 11 is 0. The van der Waals surface area contributed by atoms with Gasteiger partial charge in [0.25, 0.3) is 0 Å². The molecule has 0 saturated carbocycles. The zero-order valence-corrected chi connectivity index (χ0v) is 9.38. The summed E-state index contributed by atoms with van der Waals surface area (Å²) in [5.74, 6) is 0.246. The van der Waals surface area contributed by atoms with Crippen LogP contribution in [0.2, 0.25) is 0 Å². The Morgan fingerprint density at radius 3 is 2.41 bits per heavy atom. The smallest absolute Gasteiger partial charge is 0.196 e. The fraction of sp³-hybridized carbons (Fsp3) is 0.0714. The molecule has 1 N–H and O–H groups in total. The minimum absolute atomic E-state index is 0.0711. The Labute approximate surface area is 99.3 Å². The van der Waals surface area contributed by atoms with Gasteiger partial charge in [-0.2, -0.15) is 0 Å². The molecule has 2 aromatic carbocycles. The van der Waals surface area contributed by atoms with Crippen molar-refractivity contribution in [3.8, 4) is 11.5 Å². The first-order valence-electron chi connectivity index (χ1n) is 5.19. The Morgan fingerprint density at radius 1 is 1.12 bits per heavy atom. The number of methoxy groups -OCH3 is 1. The van der Waals surface area contributed by atoms with Crippen molar-refractivity contribution in [2.75, 3.05) is 7.11 Å². The van der Waals surface area contributed by atoms with Crippen LogP contribution in [0.15, 0.2) is 48.5 Å². The number of ether oxygens (including phenoxy) is 1. The molecular formula is C14H12O3. The summed E-state index contributed by atoms with van der Waals surface area (Å²) in [7, 11) is 1.51. The molecule has 0 unspecified atom stereocenters. The fourth-order valence-electron chi connectivity index (χ4n) is 1.58. The maximum atomic E-state index is 12.1. The summed E-state index contributed by atoms with van der Waals surface area (Å²) in [5.41, 5.74) is 0.824. The summed E-state index contributed by atoms with van der Waals surface area (Å²) in [5, 5.41) is 9.75. The Hall–Kier alpha value is -2.29. The van der Waals surface area contributed by atoms with Gasteiger partial charge in [-0.15, -0.1) is 0 Å². The highest BCUT2D eigenvalue weighted by molar-refractivity contribution is 6.10. The fourth-order valence-corrected chi connectivity index (χ4v) is 1.58. The van der Waals surface area contributed by atoms with Gasteiger partial charge in [-0.1, -0.05) is 30.3 Å². The second kappa shape index (κ2) is 4.70. The molecular weight excluding hydrogens is 222 g/mol. The lowest BCUT2D eigenvalue weighted by atomic mass is 10.1. The minimum Gasteiger partial charge on any atom is -0.507 e. The number of rotatable bonds is 3. The van der Waals surface area contributed by atoms with Gasteiger partial charge in [0.15, 0.2) is 5.78 Å². The van der Waals surface area contributed by atoms with Crippen LogP contribution >= 0.6 is 0 Å². The summed E-state index contributed by atoms with van der Waals surface area (Å²) in [4.78, 5) is 12.1. The number of benzene rings is 2. The monoisotopic (exact) mass is 234 g/mol. The number of ketones is 1. The molecule has 0 atom stereocenters. The first-order valence-corrected chi connectivity index (χ1v) is 5.19. The van der Waals surface area contributed by atoms with Crippen molar-refractivity contribution in [1.82, 2.24) is 0 Å². The van der Waals surface area contributed by atoms with Gasteiger partial charge in [0, 0.05) is 11.6 Å². The Bertz CT molecular complexity index is 532. The van der Waals surface area contributed by atoms with E-state index in [4.69, 9.17) is 4.74 Å². The van der Waals surface area contributed by atoms with E-state index in [1.165, 1.54) is 13.2 Å². The molecule has 0 aliphatic carbocycles. The largest absolute Gasteiger partial charge is 0.507 e. The maximum Gasteiger partial charge on any atom is 0.196 e. The van der Waals surface area contributed by atoms with Crippen molar-refractivity contribution in [3.05, 3.63) is 59.7 Å². The third kappa shape index (κ3) is 2.28. The van der Waals surface area contributed by atoms with E-state index in [9.17, 15) is 9.90 Å². The van der Waals surface area contributed by atoms with Crippen LogP contribution in [-0.2, 0) is 0 Å². The molecule has 0 aliphatic rings. The van der Waals surface area contributed by atoms with Crippen LogP contribution in [0.4, 0.5) is 0 Å². The van der Waals surface area contributed by atoms with E-state index in [2.05, 4.69) is 0 Å². The molecule has 86 valence electrons. The molecule has 0 fully saturated rings. The summed E-state index contributed by atoms with van der Waals surface area (Å²) in [6.45, 7) is 0. The molecule has 2 rings (SSSR count). The Kier molecular flexibility index (Phi) is 3.10. The van der Waals surface area contributed by atoms with Gasteiger partial charge >= 0.3 is 0 Å². The predicted octanol–water partition coefficient (Wildman–Crippen LogP) is 2.63. The van der Waals surface area contributed by atoms with E-state index in [1.807, 2.05) is 6.07 Å². The zero-order chi connectivity index (χ0) is 12.3. The Morgan fingerprint density at radius 2 is 1.82 bits per heavy atom. The van der Waals surface area contributed by atoms with Crippen molar-refractivity contribution in [1.29, 1.82) is 0 Å². The van der Waals surface area contributed by atoms with Crippen molar-refractivity contribution in [3.63, 3.8) is 0 Å². The molecule has 3 nitrogen and oxygen atoms in total. The summed E-state index contributed by atoms with van der Waals surface area (Å²) in [6.07, 6.45) is 0. The van der Waals surface area contributed by atoms with Crippen LogP contribution in [0.5, 0.6) is 11.5 Å². The van der Waals surface area contributed by atoms with Crippen LogP contribution < -0.4 is 4.74 Å². The van der Waals surface area contributed by atoms with Gasteiger partial charge in [0.05, 0.1) is 12.7 Å². The highest BCUT2D eigenvalue weighted by Gasteiger charge is 2.13. The van der Waals surface area contributed by atoms with Gasteiger partial charge in [0.2, 0.25) is 0 Å². The van der Waals surface area contributed by atoms with Crippen LogP contribution in [0, 0.1) is 0 Å². The third-order valence-electron chi connectivity index (χ3n) is 2.49. The molecule has 0 spiro atoms. The lowest BCUT2D eigenvalue weighted by Gasteiger charge is -2.06. The van der Waals surface area contributed by atoms with Crippen LogP contribution in [0.1, 0.15) is 15.9 Å². The molecule has 0 bridgehead atoms. The SMILES string of the molecule is COc1ccc(C(=O)[13c]2[13cH][13cH][13cH][13cH][13cH]2)c(O)c1. The van der Waals surface area contributed by atoms with E-state index in [0.717, 1.165) is 0 Å². The van der Waals surface area contributed by atoms with Gasteiger partial charge in [-0.3, -0.25) is 4.79 Å². The molecule has 0 radical (unpaired) electrons. The van der Waals surface area contributed by atoms with Gasteiger partial charge in [-0.25, -0.2) is 0 Å². The molecule has 17 heavy (non-hydrogen) atoms. The highest BCUT2D eigenvalue weighted by Crippen LogP contribution is 2.25. The van der Waals surface area contributed by atoms with Crippen LogP contribution in [-0.4, -0.2) is 18.0 Å². The number of phenols is 1. The van der Waals surface area contributed by atoms with E-state index in [0.29, 0.717) is 11.3 Å². The zero-order valence-electron chi connectivity index (χ0n) is 9.38. The van der Waals surface area contributed by atoms with E-state index >= 15 is 0 Å². The predicted molar refractivity (Wildman–Crippen MR) is 64.5 cm³/mol. The minimum atomic E-state index is -0.203. The highest BCUT2D eigenvalue weighted by atomic mass is 16.5. The van der Waals surface area contributed by atoms with Crippen molar-refractivity contribution < 1.29 is 14.6 Å². The number of hydrogen-bond acceptors (Lipinski definition) is 3. The third-order valence-corrected chi connectivity index (χ3v) is 2.49. The van der Waals surface area contributed by atoms with Crippen LogP contribution in [0.3, 0.4) is 0 Å². The first-order chi connectivity index (χ1) is 8.22. The second-order valence-corrected chi connectivity index (χ2v) is 3.58. The van der Waals surface area contributed by atoms with Gasteiger partial charge < -0.3 is 9.84 Å². The van der Waals surface area contributed by atoms with Gasteiger partial charge in [0.1, 0.15) is 11.5 Å². The lowest BCUT2D eigenvalue weighted by Crippen LogP contribution is -2.01. The quantitative estimate of drug-likeness (QED) is 0.830. The normalized spacial score (nSPS) is 9.94. The lowest BCUT2D eigenvalue weighted by molar-refractivity contribution is 0.103. The molecule has 0 aromatic heterocycles. The standard InChI is InChI=1S/C14H12O3/c1-17-11-7-8-12(13(15)9-11)14(16)10-5-3-2-4-6-10/h2-9,15H,1H3/i2+1,3+1,4+1,5+1,6+1,10+1. The average Bonchev–Trinajstić information content (AvgIpc) is 2.39. The van der Waals surface area contributed by atoms with Crippen molar-refractivity contribution >= 4 is 5.78 Å². The second-order valence-electron chi connectivity index (χ2n) is 3.58. The van der Waals surface area contributed by atoms with E-state index in [-0.39, 0.29) is 17.1 Å². The topological polar surface area (TPSA) is 46.5 Å². The Balaban J connectivity index is 2.38. The first kappa shape index (κ1) is 11.2. The molecule has 0 heterocycles. The van der Waals surface area contributed by atoms with Gasteiger partial charge in [-0.05, 0) is 12.1 Å². The molecule has 3 heteroatoms. The van der Waals surface area contributed by atoms with Crippen molar-refractivity contribution in [2.24, 2.45) is 0 Å². The average molecular weight is 234 g/mol. The summed E-state index contributed by atoms with van der Waals surface area (Å²) in [6, 6.07) is 13.5. The molecule has 2 aromatic rings. The number of carbonyl (C=O) groups excluding carboxylic acids is 1. The summed E-state index contributed by atoms with van der Waals surface area (Å²) < 4.78 is 4.96. The maximum absolute atomic E-state index is 12.1. The molecule has 0 amide bonds. The number of carbonyl (C=O) groups is 1. The van der Waals surface area contributed by atoms with Crippen LogP contribution in [0.25, 0.3) is 0 Å². The number of phenolic OH excluding ortho intramolecular Hbond substituents is 1. The van der Waals surface area contributed by atoms with E-state index < -0.39 is 0 Å². The number of aromatic hydroxyl groups is 1. The van der Waals surface area contributed by atoms with E-state index in [1.54, 1.807) is 36.4 Å². The molecule has 0 saturated heterocycles. The molecule has 0 aliphatic heterocycles. The van der Waals surface area contributed by atoms with Crippen molar-refractivity contribution in [2.45, 2.75) is 0 Å².